The highest BCUT2D eigenvalue weighted by Gasteiger charge is 2.20. The molecule has 1 fully saturated rings. The fourth-order valence-corrected chi connectivity index (χ4v) is 4.16. The molecule has 1 aromatic carbocycles. The Labute approximate surface area is 174 Å². The second-order valence-corrected chi connectivity index (χ2v) is 7.57. The Morgan fingerprint density at radius 3 is 2.57 bits per heavy atom. The summed E-state index contributed by atoms with van der Waals surface area (Å²) in [4.78, 5) is 20.0. The minimum absolute atomic E-state index is 0.188. The zero-order chi connectivity index (χ0) is 20.8. The van der Waals surface area contributed by atoms with Crippen molar-refractivity contribution in [1.82, 2.24) is 19.3 Å². The molecule has 7 nitrogen and oxygen atoms in total. The maximum absolute atomic E-state index is 13.4. The minimum atomic E-state index is -0.188. The molecule has 30 heavy (non-hydrogen) atoms. The largest absolute Gasteiger partial charge is 0.497 e. The molecular formula is C23H23N5O2. The van der Waals surface area contributed by atoms with E-state index in [1.54, 1.807) is 31.6 Å². The fourth-order valence-electron chi connectivity index (χ4n) is 4.16. The highest BCUT2D eigenvalue weighted by atomic mass is 16.5. The van der Waals surface area contributed by atoms with E-state index in [0.29, 0.717) is 17.0 Å². The lowest BCUT2D eigenvalue weighted by atomic mass is 10.1. The van der Waals surface area contributed by atoms with Gasteiger partial charge in [-0.25, -0.2) is 4.98 Å². The van der Waals surface area contributed by atoms with Crippen molar-refractivity contribution < 1.29 is 4.74 Å². The number of fused-ring (bicyclic) bond motifs is 1. The first-order chi connectivity index (χ1) is 14.6. The van der Waals surface area contributed by atoms with Gasteiger partial charge in [0.05, 0.1) is 18.7 Å². The molecule has 5 rings (SSSR count). The van der Waals surface area contributed by atoms with Gasteiger partial charge >= 0.3 is 0 Å². The molecule has 0 spiro atoms. The van der Waals surface area contributed by atoms with Gasteiger partial charge < -0.3 is 14.2 Å². The number of pyridine rings is 1. The van der Waals surface area contributed by atoms with Crippen molar-refractivity contribution >= 4 is 16.5 Å². The lowest BCUT2D eigenvalue weighted by molar-refractivity contribution is 0.413. The molecular weight excluding hydrogens is 378 g/mol. The lowest BCUT2D eigenvalue weighted by Crippen LogP contribution is -2.36. The molecule has 4 aromatic rings. The van der Waals surface area contributed by atoms with Crippen LogP contribution in [0.3, 0.4) is 0 Å². The van der Waals surface area contributed by atoms with Gasteiger partial charge in [-0.3, -0.25) is 4.79 Å². The van der Waals surface area contributed by atoms with E-state index in [1.165, 1.54) is 16.8 Å². The summed E-state index contributed by atoms with van der Waals surface area (Å²) >= 11 is 0. The number of aromatic nitrogens is 4. The van der Waals surface area contributed by atoms with Crippen molar-refractivity contribution in [3.63, 3.8) is 0 Å². The van der Waals surface area contributed by atoms with Crippen molar-refractivity contribution in [2.45, 2.75) is 20.3 Å². The number of hydrogen-bond acceptors (Lipinski definition) is 5. The predicted octanol–water partition coefficient (Wildman–Crippen LogP) is 3.41. The van der Waals surface area contributed by atoms with Crippen molar-refractivity contribution in [2.75, 3.05) is 25.1 Å². The monoisotopic (exact) mass is 401 g/mol. The highest BCUT2D eigenvalue weighted by molar-refractivity contribution is 5.88. The van der Waals surface area contributed by atoms with Gasteiger partial charge in [0.25, 0.3) is 5.56 Å². The van der Waals surface area contributed by atoms with E-state index in [2.05, 4.69) is 43.8 Å². The Morgan fingerprint density at radius 1 is 1.03 bits per heavy atom. The van der Waals surface area contributed by atoms with Gasteiger partial charge in [0.15, 0.2) is 5.82 Å². The van der Waals surface area contributed by atoms with E-state index in [0.717, 1.165) is 35.6 Å². The molecule has 0 radical (unpaired) electrons. The van der Waals surface area contributed by atoms with E-state index in [4.69, 9.17) is 4.74 Å². The average Bonchev–Trinajstić information content (AvgIpc) is 2.98. The molecule has 3 aromatic heterocycles. The smallest absolute Gasteiger partial charge is 0.282 e. The molecule has 1 aliphatic heterocycles. The topological polar surface area (TPSA) is 65.2 Å². The number of rotatable bonds is 4. The second-order valence-electron chi connectivity index (χ2n) is 7.57. The van der Waals surface area contributed by atoms with Crippen LogP contribution in [0.15, 0.2) is 53.6 Å². The fraction of sp³-hybridized carbons (Fsp3) is 0.261. The third-order valence-electron chi connectivity index (χ3n) is 5.88. The van der Waals surface area contributed by atoms with Gasteiger partial charge in [0, 0.05) is 53.5 Å². The molecule has 0 saturated carbocycles. The summed E-state index contributed by atoms with van der Waals surface area (Å²) in [7, 11) is 1.58. The number of methoxy groups -OCH3 is 1. The summed E-state index contributed by atoms with van der Waals surface area (Å²) in [6.45, 7) is 6.20. The molecule has 152 valence electrons. The molecule has 0 aliphatic carbocycles. The second kappa shape index (κ2) is 7.02. The van der Waals surface area contributed by atoms with Crippen LogP contribution in [-0.2, 0) is 0 Å². The van der Waals surface area contributed by atoms with Gasteiger partial charge in [-0.1, -0.05) is 6.07 Å². The van der Waals surface area contributed by atoms with Crippen LogP contribution < -0.4 is 15.2 Å². The summed E-state index contributed by atoms with van der Waals surface area (Å²) < 4.78 is 8.73. The molecule has 1 saturated heterocycles. The van der Waals surface area contributed by atoms with Crippen molar-refractivity contribution in [3.05, 3.63) is 70.5 Å². The normalized spacial score (nSPS) is 13.5. The van der Waals surface area contributed by atoms with E-state index in [9.17, 15) is 4.79 Å². The number of ether oxygens (including phenoxy) is 1. The van der Waals surface area contributed by atoms with Gasteiger partial charge in [0.1, 0.15) is 5.75 Å². The summed E-state index contributed by atoms with van der Waals surface area (Å²) in [5.41, 5.74) is 3.97. The van der Waals surface area contributed by atoms with E-state index in [1.807, 2.05) is 13.8 Å². The van der Waals surface area contributed by atoms with Crippen LogP contribution in [0, 0.1) is 13.8 Å². The number of aryl methyl sites for hydroxylation is 2. The van der Waals surface area contributed by atoms with E-state index in [-0.39, 0.29) is 5.56 Å². The molecule has 0 unspecified atom stereocenters. The minimum Gasteiger partial charge on any atom is -0.497 e. The Morgan fingerprint density at radius 2 is 1.83 bits per heavy atom. The number of nitrogens with zero attached hydrogens (tertiary/aromatic N) is 5. The summed E-state index contributed by atoms with van der Waals surface area (Å²) in [6, 6.07) is 11.9. The first kappa shape index (κ1) is 18.4. The Kier molecular flexibility index (Phi) is 4.31. The van der Waals surface area contributed by atoms with Crippen molar-refractivity contribution in [1.29, 1.82) is 0 Å². The van der Waals surface area contributed by atoms with Crippen LogP contribution in [0.2, 0.25) is 0 Å². The summed E-state index contributed by atoms with van der Waals surface area (Å²) in [5.74, 6) is 1.06. The van der Waals surface area contributed by atoms with Crippen molar-refractivity contribution in [3.8, 4) is 17.3 Å². The molecule has 7 heteroatoms. The first-order valence-corrected chi connectivity index (χ1v) is 10.0. The first-order valence-electron chi connectivity index (χ1n) is 10.0. The van der Waals surface area contributed by atoms with Crippen LogP contribution in [0.1, 0.15) is 17.8 Å². The standard InChI is InChI=1S/C23H23N5O2/c1-15-20-14-25-28(21-13-19(30-3)8-9-24-21)23(29)22(20)16(2)27(15)18-7-4-6-17(12-18)26-10-5-11-26/h4,6-9,12-14H,5,10-11H2,1-3H3. The van der Waals surface area contributed by atoms with Crippen LogP contribution >= 0.6 is 0 Å². The van der Waals surface area contributed by atoms with Gasteiger partial charge in [-0.15, -0.1) is 0 Å². The third kappa shape index (κ3) is 2.77. The lowest BCUT2D eigenvalue weighted by Gasteiger charge is -2.33. The molecule has 0 amide bonds. The molecule has 0 bridgehead atoms. The van der Waals surface area contributed by atoms with Crippen LogP contribution in [0.25, 0.3) is 22.3 Å². The van der Waals surface area contributed by atoms with Gasteiger partial charge in [0.2, 0.25) is 0 Å². The van der Waals surface area contributed by atoms with E-state index < -0.39 is 0 Å². The van der Waals surface area contributed by atoms with Gasteiger partial charge in [-0.2, -0.15) is 9.78 Å². The quantitative estimate of drug-likeness (QED) is 0.524. The number of anilines is 1. The maximum atomic E-state index is 13.4. The third-order valence-corrected chi connectivity index (χ3v) is 5.88. The molecule has 0 atom stereocenters. The van der Waals surface area contributed by atoms with Crippen LogP contribution in [0.4, 0.5) is 5.69 Å². The van der Waals surface area contributed by atoms with Crippen LogP contribution in [0.5, 0.6) is 5.75 Å². The van der Waals surface area contributed by atoms with E-state index >= 15 is 0 Å². The zero-order valence-corrected chi connectivity index (χ0v) is 17.3. The number of benzene rings is 1. The zero-order valence-electron chi connectivity index (χ0n) is 17.3. The molecule has 1 aliphatic rings. The SMILES string of the molecule is COc1ccnc(-n2ncc3c(C)n(-c4cccc(N5CCC5)c4)c(C)c3c2=O)c1. The molecule has 0 N–H and O–H groups in total. The Balaban J connectivity index is 1.69. The van der Waals surface area contributed by atoms with Crippen molar-refractivity contribution in [2.24, 2.45) is 0 Å². The number of hydrogen-bond donors (Lipinski definition) is 0. The predicted molar refractivity (Wildman–Crippen MR) is 117 cm³/mol. The van der Waals surface area contributed by atoms with Gasteiger partial charge in [-0.05, 0) is 44.5 Å². The summed E-state index contributed by atoms with van der Waals surface area (Å²) in [5, 5.41) is 5.90. The summed E-state index contributed by atoms with van der Waals surface area (Å²) in [6.07, 6.45) is 4.59. The highest BCUT2D eigenvalue weighted by Crippen LogP contribution is 2.29. The van der Waals surface area contributed by atoms with Crippen LogP contribution in [-0.4, -0.2) is 39.5 Å². The Hall–Kier alpha value is -3.61. The average molecular weight is 401 g/mol. The maximum Gasteiger partial charge on any atom is 0.282 e. The Bertz CT molecular complexity index is 1320. The molecule has 4 heterocycles.